The Balaban J connectivity index is 1.44. The molecular formula is C27H22N2O3. The number of hydrogen-bond donors (Lipinski definition) is 1. The number of benzene rings is 3. The molecule has 4 aliphatic rings. The minimum absolute atomic E-state index is 0.117. The highest BCUT2D eigenvalue weighted by Gasteiger charge is 2.61. The summed E-state index contributed by atoms with van der Waals surface area (Å²) in [6, 6.07) is 23.2. The fourth-order valence-corrected chi connectivity index (χ4v) is 5.96. The third-order valence-electron chi connectivity index (χ3n) is 7.17. The summed E-state index contributed by atoms with van der Waals surface area (Å²) in [6.07, 6.45) is 0. The zero-order valence-electron chi connectivity index (χ0n) is 17.6. The fourth-order valence-electron chi connectivity index (χ4n) is 5.96. The molecule has 7 rings (SSSR count). The standard InChI is InChI=1S/C27H22N2O3/c1-2-28-25(30)15-11-13-16(14-12-15)29-26(31)23-21-17-7-3-4-8-18(17)22(24(23)27(29)32)20-10-6-5-9-19(20)21/h3-14,21-24H,2H2,1H3,(H,28,30)/t21?,22?,23-,24+. The van der Waals surface area contributed by atoms with Crippen LogP contribution in [0.2, 0.25) is 0 Å². The Morgan fingerprint density at radius 1 is 0.750 bits per heavy atom. The second kappa shape index (κ2) is 6.89. The van der Waals surface area contributed by atoms with Gasteiger partial charge in [0.05, 0.1) is 17.5 Å². The van der Waals surface area contributed by atoms with Crippen LogP contribution in [-0.4, -0.2) is 24.3 Å². The molecule has 1 fully saturated rings. The van der Waals surface area contributed by atoms with Gasteiger partial charge < -0.3 is 5.32 Å². The molecule has 3 aromatic carbocycles. The molecule has 0 aromatic heterocycles. The van der Waals surface area contributed by atoms with Gasteiger partial charge >= 0.3 is 0 Å². The van der Waals surface area contributed by atoms with E-state index in [1.165, 1.54) is 4.90 Å². The molecule has 158 valence electrons. The van der Waals surface area contributed by atoms with Crippen molar-refractivity contribution in [1.29, 1.82) is 0 Å². The number of anilines is 1. The van der Waals surface area contributed by atoms with Crippen molar-refractivity contribution in [3.05, 3.63) is 101 Å². The number of imide groups is 1. The maximum absolute atomic E-state index is 13.7. The van der Waals surface area contributed by atoms with Gasteiger partial charge in [0.1, 0.15) is 0 Å². The molecule has 1 N–H and O–H groups in total. The van der Waals surface area contributed by atoms with Crippen LogP contribution < -0.4 is 10.2 Å². The lowest BCUT2D eigenvalue weighted by molar-refractivity contribution is -0.122. The molecule has 1 heterocycles. The molecule has 1 saturated heterocycles. The zero-order chi connectivity index (χ0) is 22.0. The highest BCUT2D eigenvalue weighted by Crippen LogP contribution is 2.61. The normalized spacial score (nSPS) is 24.7. The third-order valence-corrected chi connectivity index (χ3v) is 7.17. The van der Waals surface area contributed by atoms with Crippen LogP contribution >= 0.6 is 0 Å². The molecule has 2 bridgehead atoms. The van der Waals surface area contributed by atoms with Gasteiger partial charge in [-0.2, -0.15) is 0 Å². The van der Waals surface area contributed by atoms with Gasteiger partial charge in [0.2, 0.25) is 11.8 Å². The summed E-state index contributed by atoms with van der Waals surface area (Å²) in [5, 5.41) is 2.76. The molecule has 3 amide bonds. The number of carbonyl (C=O) groups is 3. The summed E-state index contributed by atoms with van der Waals surface area (Å²) < 4.78 is 0. The zero-order valence-corrected chi connectivity index (χ0v) is 17.6. The number of nitrogens with zero attached hydrogens (tertiary/aromatic N) is 1. The second-order valence-corrected chi connectivity index (χ2v) is 8.68. The number of rotatable bonds is 3. The summed E-state index contributed by atoms with van der Waals surface area (Å²) in [7, 11) is 0. The lowest BCUT2D eigenvalue weighted by Gasteiger charge is -2.45. The molecule has 5 heteroatoms. The lowest BCUT2D eigenvalue weighted by Crippen LogP contribution is -2.41. The first kappa shape index (κ1) is 19.0. The van der Waals surface area contributed by atoms with Crippen LogP contribution in [0.15, 0.2) is 72.8 Å². The van der Waals surface area contributed by atoms with Gasteiger partial charge in [-0.05, 0) is 53.4 Å². The molecule has 0 spiro atoms. The Morgan fingerprint density at radius 3 is 1.59 bits per heavy atom. The number of hydrogen-bond acceptors (Lipinski definition) is 3. The summed E-state index contributed by atoms with van der Waals surface area (Å²) in [5.74, 6) is -1.51. The largest absolute Gasteiger partial charge is 0.352 e. The molecule has 1 aliphatic heterocycles. The van der Waals surface area contributed by atoms with Crippen molar-refractivity contribution in [2.24, 2.45) is 11.8 Å². The van der Waals surface area contributed by atoms with Gasteiger partial charge in [0.25, 0.3) is 5.91 Å². The van der Waals surface area contributed by atoms with Crippen LogP contribution in [-0.2, 0) is 9.59 Å². The predicted octanol–water partition coefficient (Wildman–Crippen LogP) is 3.83. The van der Waals surface area contributed by atoms with Crippen molar-refractivity contribution in [1.82, 2.24) is 5.32 Å². The first-order valence-electron chi connectivity index (χ1n) is 11.1. The number of nitrogens with one attached hydrogen (secondary N) is 1. The summed E-state index contributed by atoms with van der Waals surface area (Å²) in [6.45, 7) is 2.40. The minimum Gasteiger partial charge on any atom is -0.352 e. The van der Waals surface area contributed by atoms with Crippen LogP contribution in [0.1, 0.15) is 51.4 Å². The van der Waals surface area contributed by atoms with E-state index in [4.69, 9.17) is 0 Å². The number of amides is 3. The lowest BCUT2D eigenvalue weighted by atomic mass is 9.55. The maximum atomic E-state index is 13.7. The van der Waals surface area contributed by atoms with E-state index in [-0.39, 0.29) is 29.6 Å². The van der Waals surface area contributed by atoms with E-state index in [9.17, 15) is 14.4 Å². The molecule has 32 heavy (non-hydrogen) atoms. The Labute approximate surface area is 186 Å². The topological polar surface area (TPSA) is 66.5 Å². The molecule has 0 unspecified atom stereocenters. The summed E-state index contributed by atoms with van der Waals surface area (Å²) >= 11 is 0. The van der Waals surface area contributed by atoms with Crippen molar-refractivity contribution in [3.63, 3.8) is 0 Å². The molecule has 3 aliphatic carbocycles. The van der Waals surface area contributed by atoms with Crippen molar-refractivity contribution >= 4 is 23.4 Å². The molecule has 0 saturated carbocycles. The van der Waals surface area contributed by atoms with Crippen LogP contribution in [0.3, 0.4) is 0 Å². The van der Waals surface area contributed by atoms with Crippen molar-refractivity contribution < 1.29 is 14.4 Å². The van der Waals surface area contributed by atoms with Crippen LogP contribution in [0, 0.1) is 11.8 Å². The Kier molecular flexibility index (Phi) is 4.09. The predicted molar refractivity (Wildman–Crippen MR) is 120 cm³/mol. The fraction of sp³-hybridized carbons (Fsp3) is 0.222. The van der Waals surface area contributed by atoms with Crippen LogP contribution in [0.4, 0.5) is 5.69 Å². The first-order valence-corrected chi connectivity index (χ1v) is 11.1. The highest BCUT2D eigenvalue weighted by molar-refractivity contribution is 6.23. The summed E-state index contributed by atoms with van der Waals surface area (Å²) in [4.78, 5) is 40.9. The minimum atomic E-state index is -0.402. The van der Waals surface area contributed by atoms with Crippen molar-refractivity contribution in [3.8, 4) is 0 Å². The SMILES string of the molecule is CCNC(=O)c1ccc(N2C(=O)[C@@H]3C4c5ccccc5C(c5ccccc54)[C@@H]3C2=O)cc1. The Hall–Kier alpha value is -3.73. The quantitative estimate of drug-likeness (QED) is 0.653. The van der Waals surface area contributed by atoms with Gasteiger partial charge in [-0.25, -0.2) is 4.90 Å². The van der Waals surface area contributed by atoms with E-state index in [1.54, 1.807) is 24.3 Å². The molecule has 2 atom stereocenters. The van der Waals surface area contributed by atoms with Gasteiger partial charge in [0, 0.05) is 23.9 Å². The average Bonchev–Trinajstić information content (AvgIpc) is 3.10. The monoisotopic (exact) mass is 422 g/mol. The van der Waals surface area contributed by atoms with Crippen molar-refractivity contribution in [2.45, 2.75) is 18.8 Å². The third kappa shape index (κ3) is 2.42. The van der Waals surface area contributed by atoms with Gasteiger partial charge in [-0.15, -0.1) is 0 Å². The summed E-state index contributed by atoms with van der Waals surface area (Å²) in [5.41, 5.74) is 5.67. The van der Waals surface area contributed by atoms with Crippen molar-refractivity contribution in [2.75, 3.05) is 11.4 Å². The highest BCUT2D eigenvalue weighted by atomic mass is 16.2. The van der Waals surface area contributed by atoms with Gasteiger partial charge in [-0.1, -0.05) is 48.5 Å². The van der Waals surface area contributed by atoms with E-state index < -0.39 is 11.8 Å². The maximum Gasteiger partial charge on any atom is 0.251 e. The van der Waals surface area contributed by atoms with E-state index in [0.29, 0.717) is 17.8 Å². The Morgan fingerprint density at radius 2 is 1.19 bits per heavy atom. The van der Waals surface area contributed by atoms with E-state index in [0.717, 1.165) is 22.3 Å². The molecule has 5 nitrogen and oxygen atoms in total. The molecular weight excluding hydrogens is 400 g/mol. The molecule has 3 aromatic rings. The smallest absolute Gasteiger partial charge is 0.251 e. The van der Waals surface area contributed by atoms with E-state index in [2.05, 4.69) is 29.6 Å². The first-order chi connectivity index (χ1) is 15.6. The van der Waals surface area contributed by atoms with E-state index >= 15 is 0 Å². The van der Waals surface area contributed by atoms with Crippen LogP contribution in [0.25, 0.3) is 0 Å². The average molecular weight is 422 g/mol. The molecule has 0 radical (unpaired) electrons. The van der Waals surface area contributed by atoms with Gasteiger partial charge in [-0.3, -0.25) is 14.4 Å². The Bertz CT molecular complexity index is 1160. The second-order valence-electron chi connectivity index (χ2n) is 8.68. The number of carbonyl (C=O) groups excluding carboxylic acids is 3. The van der Waals surface area contributed by atoms with Crippen LogP contribution in [0.5, 0.6) is 0 Å². The van der Waals surface area contributed by atoms with E-state index in [1.807, 2.05) is 31.2 Å². The van der Waals surface area contributed by atoms with Gasteiger partial charge in [0.15, 0.2) is 0 Å².